The summed E-state index contributed by atoms with van der Waals surface area (Å²) in [6.07, 6.45) is 7.34. The van der Waals surface area contributed by atoms with E-state index in [1.165, 1.54) is 0 Å². The number of rotatable bonds is 4. The van der Waals surface area contributed by atoms with E-state index in [2.05, 4.69) is 10.4 Å². The molecule has 0 radical (unpaired) electrons. The van der Waals surface area contributed by atoms with Gasteiger partial charge in [-0.15, -0.1) is 0 Å². The summed E-state index contributed by atoms with van der Waals surface area (Å²) in [5.41, 5.74) is 0.207. The first kappa shape index (κ1) is 12.1. The fourth-order valence-corrected chi connectivity index (χ4v) is 2.34. The SMILES string of the molecule is Cn1cc(CNC(=O)CC2(O)CCCC2)cn1. The number of aliphatic hydroxyl groups is 1. The van der Waals surface area contributed by atoms with E-state index >= 15 is 0 Å². The van der Waals surface area contributed by atoms with E-state index in [1.54, 1.807) is 10.9 Å². The number of aromatic nitrogens is 2. The summed E-state index contributed by atoms with van der Waals surface area (Å²) in [5.74, 6) is -0.0850. The molecule has 0 saturated heterocycles. The molecule has 1 aliphatic carbocycles. The number of carbonyl (C=O) groups excluding carboxylic acids is 1. The van der Waals surface area contributed by atoms with Crippen LogP contribution >= 0.6 is 0 Å². The molecule has 0 unspecified atom stereocenters. The number of nitrogens with zero attached hydrogens (tertiary/aromatic N) is 2. The van der Waals surface area contributed by atoms with Crippen molar-refractivity contribution in [1.82, 2.24) is 15.1 Å². The van der Waals surface area contributed by atoms with Gasteiger partial charge >= 0.3 is 0 Å². The second-order valence-electron chi connectivity index (χ2n) is 4.91. The van der Waals surface area contributed by atoms with Crippen LogP contribution in [0.1, 0.15) is 37.7 Å². The number of aryl methyl sites for hydroxylation is 1. The molecule has 0 bridgehead atoms. The van der Waals surface area contributed by atoms with Gasteiger partial charge in [-0.25, -0.2) is 0 Å². The maximum atomic E-state index is 11.7. The summed E-state index contributed by atoms with van der Waals surface area (Å²) in [6, 6.07) is 0. The lowest BCUT2D eigenvalue weighted by Crippen LogP contribution is -2.34. The average molecular weight is 237 g/mol. The Balaban J connectivity index is 1.77. The second-order valence-corrected chi connectivity index (χ2v) is 4.91. The molecule has 2 N–H and O–H groups in total. The summed E-state index contributed by atoms with van der Waals surface area (Å²) in [4.78, 5) is 11.7. The van der Waals surface area contributed by atoms with Crippen LogP contribution in [0.3, 0.4) is 0 Å². The number of amides is 1. The minimum atomic E-state index is -0.765. The standard InChI is InChI=1S/C12H19N3O2/c1-15-9-10(8-14-15)7-13-11(16)6-12(17)4-2-3-5-12/h8-9,17H,2-7H2,1H3,(H,13,16). The van der Waals surface area contributed by atoms with Crippen molar-refractivity contribution in [2.45, 2.75) is 44.2 Å². The zero-order valence-corrected chi connectivity index (χ0v) is 10.1. The Morgan fingerprint density at radius 1 is 1.59 bits per heavy atom. The van der Waals surface area contributed by atoms with Gasteiger partial charge in [-0.05, 0) is 12.8 Å². The summed E-state index contributed by atoms with van der Waals surface area (Å²) in [7, 11) is 1.84. The van der Waals surface area contributed by atoms with Gasteiger partial charge in [-0.1, -0.05) is 12.8 Å². The van der Waals surface area contributed by atoms with Crippen LogP contribution in [0.15, 0.2) is 12.4 Å². The van der Waals surface area contributed by atoms with Crippen LogP contribution < -0.4 is 5.32 Å². The van der Waals surface area contributed by atoms with E-state index in [0.717, 1.165) is 31.2 Å². The van der Waals surface area contributed by atoms with Gasteiger partial charge in [0.1, 0.15) is 0 Å². The highest BCUT2D eigenvalue weighted by atomic mass is 16.3. The van der Waals surface area contributed by atoms with Crippen LogP contribution in [-0.4, -0.2) is 26.4 Å². The first-order chi connectivity index (χ1) is 8.07. The van der Waals surface area contributed by atoms with Gasteiger partial charge in [-0.3, -0.25) is 9.48 Å². The zero-order valence-electron chi connectivity index (χ0n) is 10.1. The molecular formula is C12H19N3O2. The van der Waals surface area contributed by atoms with Crippen molar-refractivity contribution in [3.8, 4) is 0 Å². The third-order valence-corrected chi connectivity index (χ3v) is 3.27. The van der Waals surface area contributed by atoms with E-state index in [4.69, 9.17) is 0 Å². The molecular weight excluding hydrogens is 218 g/mol. The summed E-state index contributed by atoms with van der Waals surface area (Å²) in [5, 5.41) is 16.9. The van der Waals surface area contributed by atoms with Crippen molar-refractivity contribution < 1.29 is 9.90 Å². The highest BCUT2D eigenvalue weighted by Crippen LogP contribution is 2.32. The van der Waals surface area contributed by atoms with Crippen molar-refractivity contribution >= 4 is 5.91 Å². The molecule has 0 aromatic carbocycles. The van der Waals surface area contributed by atoms with Crippen LogP contribution in [0.4, 0.5) is 0 Å². The molecule has 17 heavy (non-hydrogen) atoms. The third kappa shape index (κ3) is 3.30. The molecule has 94 valence electrons. The molecule has 1 fully saturated rings. The predicted molar refractivity (Wildman–Crippen MR) is 63.1 cm³/mol. The maximum absolute atomic E-state index is 11.7. The average Bonchev–Trinajstić information content (AvgIpc) is 2.85. The molecule has 0 atom stereocenters. The lowest BCUT2D eigenvalue weighted by molar-refractivity contribution is -0.126. The minimum absolute atomic E-state index is 0.0850. The Morgan fingerprint density at radius 2 is 2.29 bits per heavy atom. The third-order valence-electron chi connectivity index (χ3n) is 3.27. The lowest BCUT2D eigenvalue weighted by atomic mass is 9.98. The molecule has 0 aliphatic heterocycles. The van der Waals surface area contributed by atoms with Crippen LogP contribution in [0.25, 0.3) is 0 Å². The molecule has 1 heterocycles. The van der Waals surface area contributed by atoms with E-state index in [1.807, 2.05) is 13.2 Å². The second kappa shape index (κ2) is 4.87. The van der Waals surface area contributed by atoms with Gasteiger partial charge in [0, 0.05) is 25.4 Å². The molecule has 0 spiro atoms. The first-order valence-electron chi connectivity index (χ1n) is 6.04. The van der Waals surface area contributed by atoms with Crippen LogP contribution in [0.5, 0.6) is 0 Å². The zero-order chi connectivity index (χ0) is 12.3. The fraction of sp³-hybridized carbons (Fsp3) is 0.667. The van der Waals surface area contributed by atoms with Gasteiger partial charge < -0.3 is 10.4 Å². The van der Waals surface area contributed by atoms with Gasteiger partial charge in [0.15, 0.2) is 0 Å². The number of carbonyl (C=O) groups is 1. The molecule has 1 aromatic rings. The Labute approximate surface area is 101 Å². The van der Waals surface area contributed by atoms with Crippen molar-refractivity contribution in [1.29, 1.82) is 0 Å². The Morgan fingerprint density at radius 3 is 2.88 bits per heavy atom. The molecule has 5 nitrogen and oxygen atoms in total. The smallest absolute Gasteiger partial charge is 0.223 e. The predicted octanol–water partition coefficient (Wildman–Crippen LogP) is 0.731. The lowest BCUT2D eigenvalue weighted by Gasteiger charge is -2.20. The first-order valence-corrected chi connectivity index (χ1v) is 6.04. The molecule has 5 heteroatoms. The van der Waals surface area contributed by atoms with Gasteiger partial charge in [0.05, 0.1) is 18.2 Å². The highest BCUT2D eigenvalue weighted by molar-refractivity contribution is 5.77. The normalized spacial score (nSPS) is 18.2. The largest absolute Gasteiger partial charge is 0.389 e. The van der Waals surface area contributed by atoms with Gasteiger partial charge in [0.2, 0.25) is 5.91 Å². The van der Waals surface area contributed by atoms with Gasteiger partial charge in [-0.2, -0.15) is 5.10 Å². The van der Waals surface area contributed by atoms with Crippen LogP contribution in [0, 0.1) is 0 Å². The maximum Gasteiger partial charge on any atom is 0.223 e. The van der Waals surface area contributed by atoms with Crippen molar-refractivity contribution in [2.75, 3.05) is 0 Å². The van der Waals surface area contributed by atoms with E-state index < -0.39 is 5.60 Å². The topological polar surface area (TPSA) is 67.2 Å². The minimum Gasteiger partial charge on any atom is -0.389 e. The van der Waals surface area contributed by atoms with Crippen molar-refractivity contribution in [2.24, 2.45) is 7.05 Å². The van der Waals surface area contributed by atoms with E-state index in [-0.39, 0.29) is 12.3 Å². The fourth-order valence-electron chi connectivity index (χ4n) is 2.34. The molecule has 1 aromatic heterocycles. The van der Waals surface area contributed by atoms with Crippen LogP contribution in [-0.2, 0) is 18.4 Å². The molecule has 1 amide bonds. The monoisotopic (exact) mass is 237 g/mol. The summed E-state index contributed by atoms with van der Waals surface area (Å²) < 4.78 is 1.70. The number of hydrogen-bond acceptors (Lipinski definition) is 3. The molecule has 1 aliphatic rings. The van der Waals surface area contributed by atoms with Crippen molar-refractivity contribution in [3.05, 3.63) is 18.0 Å². The Kier molecular flexibility index (Phi) is 3.47. The van der Waals surface area contributed by atoms with E-state index in [9.17, 15) is 9.90 Å². The Hall–Kier alpha value is -1.36. The van der Waals surface area contributed by atoms with Crippen molar-refractivity contribution in [3.63, 3.8) is 0 Å². The highest BCUT2D eigenvalue weighted by Gasteiger charge is 2.33. The quantitative estimate of drug-likeness (QED) is 0.811. The Bertz CT molecular complexity index is 394. The molecule has 1 saturated carbocycles. The van der Waals surface area contributed by atoms with E-state index in [0.29, 0.717) is 6.54 Å². The summed E-state index contributed by atoms with van der Waals surface area (Å²) >= 11 is 0. The van der Waals surface area contributed by atoms with Gasteiger partial charge in [0.25, 0.3) is 0 Å². The molecule has 2 rings (SSSR count). The number of nitrogens with one attached hydrogen (secondary N) is 1. The number of hydrogen-bond donors (Lipinski definition) is 2. The van der Waals surface area contributed by atoms with Crippen LogP contribution in [0.2, 0.25) is 0 Å². The summed E-state index contributed by atoms with van der Waals surface area (Å²) in [6.45, 7) is 0.475.